The van der Waals surface area contributed by atoms with E-state index in [1.165, 1.54) is 23.1 Å². The van der Waals surface area contributed by atoms with Crippen LogP contribution in [-0.2, 0) is 4.79 Å². The molecular formula is C14H15F3N2O4. The Morgan fingerprint density at radius 2 is 2.09 bits per heavy atom. The number of carboxylic acid groups (broad SMARTS) is 1. The fraction of sp³-hybridized carbons (Fsp3) is 0.500. The minimum absolute atomic E-state index is 0.141. The molecule has 1 aliphatic rings. The zero-order valence-corrected chi connectivity index (χ0v) is 12.0. The lowest BCUT2D eigenvalue weighted by Crippen LogP contribution is -2.48. The molecule has 1 aromatic rings. The van der Waals surface area contributed by atoms with E-state index in [1.54, 1.807) is 0 Å². The highest BCUT2D eigenvalue weighted by Crippen LogP contribution is 2.21. The number of aliphatic carboxylic acids is 1. The van der Waals surface area contributed by atoms with E-state index in [9.17, 15) is 22.8 Å². The number of nitrogens with zero attached hydrogens (tertiary/aromatic N) is 2. The highest BCUT2D eigenvalue weighted by molar-refractivity contribution is 5.95. The number of carbonyl (C=O) groups excluding carboxylic acids is 1. The van der Waals surface area contributed by atoms with Crippen LogP contribution < -0.4 is 4.74 Å². The average Bonchev–Trinajstić information content (AvgIpc) is 2.52. The predicted molar refractivity (Wildman–Crippen MR) is 72.1 cm³/mol. The zero-order chi connectivity index (χ0) is 17.0. The number of hydrogen-bond donors (Lipinski definition) is 1. The largest absolute Gasteiger partial charge is 0.480 e. The van der Waals surface area contributed by atoms with Crippen molar-refractivity contribution in [2.24, 2.45) is 0 Å². The lowest BCUT2D eigenvalue weighted by atomic mass is 10.0. The van der Waals surface area contributed by atoms with Crippen LogP contribution in [0.5, 0.6) is 5.88 Å². The smallest absolute Gasteiger partial charge is 0.422 e. The fourth-order valence-electron chi connectivity index (χ4n) is 2.35. The van der Waals surface area contributed by atoms with Gasteiger partial charge in [0.15, 0.2) is 6.61 Å². The van der Waals surface area contributed by atoms with Gasteiger partial charge in [-0.1, -0.05) is 6.07 Å². The van der Waals surface area contributed by atoms with Crippen molar-refractivity contribution in [3.8, 4) is 5.88 Å². The van der Waals surface area contributed by atoms with E-state index in [-0.39, 0.29) is 18.1 Å². The van der Waals surface area contributed by atoms with Gasteiger partial charge in [0.1, 0.15) is 11.7 Å². The average molecular weight is 332 g/mol. The van der Waals surface area contributed by atoms with Crippen molar-refractivity contribution in [2.45, 2.75) is 31.5 Å². The molecule has 1 amide bonds. The van der Waals surface area contributed by atoms with Gasteiger partial charge in [0.2, 0.25) is 5.88 Å². The van der Waals surface area contributed by atoms with Gasteiger partial charge in [-0.3, -0.25) is 4.79 Å². The summed E-state index contributed by atoms with van der Waals surface area (Å²) in [5.41, 5.74) is -0.141. The second-order valence-electron chi connectivity index (χ2n) is 5.11. The molecule has 0 aromatic carbocycles. The molecule has 1 fully saturated rings. The summed E-state index contributed by atoms with van der Waals surface area (Å²) in [6, 6.07) is 2.91. The number of halogens is 3. The zero-order valence-electron chi connectivity index (χ0n) is 12.0. The van der Waals surface area contributed by atoms with Crippen LogP contribution in [0.3, 0.4) is 0 Å². The van der Waals surface area contributed by atoms with E-state index in [2.05, 4.69) is 9.72 Å². The number of alkyl halides is 3. The van der Waals surface area contributed by atoms with E-state index in [0.29, 0.717) is 19.3 Å². The third-order valence-electron chi connectivity index (χ3n) is 3.38. The number of hydrogen-bond acceptors (Lipinski definition) is 4. The first-order valence-electron chi connectivity index (χ1n) is 6.98. The van der Waals surface area contributed by atoms with Crippen LogP contribution in [-0.4, -0.2) is 52.2 Å². The van der Waals surface area contributed by atoms with Gasteiger partial charge in [0.25, 0.3) is 5.91 Å². The summed E-state index contributed by atoms with van der Waals surface area (Å²) in [4.78, 5) is 28.5. The van der Waals surface area contributed by atoms with Gasteiger partial charge < -0.3 is 14.7 Å². The molecular weight excluding hydrogens is 317 g/mol. The van der Waals surface area contributed by atoms with E-state index in [1.807, 2.05) is 0 Å². The Labute approximate surface area is 129 Å². The van der Waals surface area contributed by atoms with Crippen molar-refractivity contribution < 1.29 is 32.6 Å². The number of aromatic nitrogens is 1. The Kier molecular flexibility index (Phi) is 5.07. The SMILES string of the molecule is O=C(O)C1CCCCN1C(=O)c1cccc(OCC(F)(F)F)n1. The van der Waals surface area contributed by atoms with E-state index in [0.717, 1.165) is 0 Å². The van der Waals surface area contributed by atoms with Gasteiger partial charge in [-0.25, -0.2) is 9.78 Å². The van der Waals surface area contributed by atoms with Crippen molar-refractivity contribution in [3.05, 3.63) is 23.9 Å². The molecule has 1 atom stereocenters. The Balaban J connectivity index is 2.14. The summed E-state index contributed by atoms with van der Waals surface area (Å²) in [5.74, 6) is -2.07. The Hall–Kier alpha value is -2.32. The van der Waals surface area contributed by atoms with Crippen molar-refractivity contribution in [3.63, 3.8) is 0 Å². The normalized spacial score (nSPS) is 18.6. The summed E-state index contributed by atoms with van der Waals surface area (Å²) >= 11 is 0. The first kappa shape index (κ1) is 17.0. The Morgan fingerprint density at radius 1 is 1.35 bits per heavy atom. The maximum atomic E-state index is 12.4. The van der Waals surface area contributed by atoms with Crippen molar-refractivity contribution in [2.75, 3.05) is 13.2 Å². The summed E-state index contributed by atoms with van der Waals surface area (Å²) in [7, 11) is 0. The molecule has 0 radical (unpaired) electrons. The fourth-order valence-corrected chi connectivity index (χ4v) is 2.35. The monoisotopic (exact) mass is 332 g/mol. The maximum absolute atomic E-state index is 12.4. The van der Waals surface area contributed by atoms with Gasteiger partial charge >= 0.3 is 12.1 Å². The summed E-state index contributed by atoms with van der Waals surface area (Å²) in [6.45, 7) is -1.25. The number of piperidine rings is 1. The molecule has 6 nitrogen and oxygen atoms in total. The number of carboxylic acids is 1. The van der Waals surface area contributed by atoms with Crippen molar-refractivity contribution in [1.82, 2.24) is 9.88 Å². The third kappa shape index (κ3) is 4.57. The van der Waals surface area contributed by atoms with Crippen LogP contribution in [0.1, 0.15) is 29.8 Å². The minimum atomic E-state index is -4.51. The minimum Gasteiger partial charge on any atom is -0.480 e. The number of rotatable bonds is 4. The van der Waals surface area contributed by atoms with Gasteiger partial charge in [-0.2, -0.15) is 13.2 Å². The molecule has 0 aliphatic carbocycles. The molecule has 1 aliphatic heterocycles. The van der Waals surface area contributed by atoms with E-state index >= 15 is 0 Å². The molecule has 1 saturated heterocycles. The predicted octanol–water partition coefficient (Wildman–Crippen LogP) is 2.10. The van der Waals surface area contributed by atoms with Crippen LogP contribution in [0.4, 0.5) is 13.2 Å². The number of pyridine rings is 1. The summed E-state index contributed by atoms with van der Waals surface area (Å²) < 4.78 is 40.9. The van der Waals surface area contributed by atoms with E-state index in [4.69, 9.17) is 5.11 Å². The number of carbonyl (C=O) groups is 2. The molecule has 2 rings (SSSR count). The maximum Gasteiger partial charge on any atom is 0.422 e. The summed E-state index contributed by atoms with van der Waals surface area (Å²) in [6.07, 6.45) is -2.81. The van der Waals surface area contributed by atoms with Crippen LogP contribution >= 0.6 is 0 Å². The second-order valence-corrected chi connectivity index (χ2v) is 5.11. The first-order chi connectivity index (χ1) is 10.8. The van der Waals surface area contributed by atoms with Crippen LogP contribution in [0.2, 0.25) is 0 Å². The Morgan fingerprint density at radius 3 is 2.74 bits per heavy atom. The first-order valence-corrected chi connectivity index (χ1v) is 6.98. The Bertz CT molecular complexity index is 592. The lowest BCUT2D eigenvalue weighted by molar-refractivity contribution is -0.154. The molecule has 0 spiro atoms. The number of amides is 1. The number of likely N-dealkylation sites (tertiary alicyclic amines) is 1. The van der Waals surface area contributed by atoms with Gasteiger partial charge in [0.05, 0.1) is 0 Å². The van der Waals surface area contributed by atoms with E-state index < -0.39 is 30.7 Å². The molecule has 1 aromatic heterocycles. The molecule has 2 heterocycles. The van der Waals surface area contributed by atoms with Gasteiger partial charge in [-0.05, 0) is 25.3 Å². The standard InChI is InChI=1S/C14H15F3N2O4/c15-14(16,17)8-23-11-6-3-4-9(18-11)12(20)19-7-2-1-5-10(19)13(21)22/h3-4,6,10H,1-2,5,7-8H2,(H,21,22). The van der Waals surface area contributed by atoms with Gasteiger partial charge in [0, 0.05) is 12.6 Å². The summed E-state index contributed by atoms with van der Waals surface area (Å²) in [5, 5.41) is 9.17. The molecule has 0 saturated carbocycles. The lowest BCUT2D eigenvalue weighted by Gasteiger charge is -2.32. The molecule has 1 N–H and O–H groups in total. The van der Waals surface area contributed by atoms with Crippen LogP contribution in [0, 0.1) is 0 Å². The molecule has 23 heavy (non-hydrogen) atoms. The topological polar surface area (TPSA) is 79.7 Å². The van der Waals surface area contributed by atoms with Crippen molar-refractivity contribution >= 4 is 11.9 Å². The molecule has 0 bridgehead atoms. The highest BCUT2D eigenvalue weighted by Gasteiger charge is 2.33. The highest BCUT2D eigenvalue weighted by atomic mass is 19.4. The second kappa shape index (κ2) is 6.84. The quantitative estimate of drug-likeness (QED) is 0.913. The van der Waals surface area contributed by atoms with Crippen molar-refractivity contribution in [1.29, 1.82) is 0 Å². The third-order valence-corrected chi connectivity index (χ3v) is 3.38. The van der Waals surface area contributed by atoms with Crippen LogP contribution in [0.15, 0.2) is 18.2 Å². The molecule has 9 heteroatoms. The number of ether oxygens (including phenoxy) is 1. The molecule has 126 valence electrons. The van der Waals surface area contributed by atoms with Gasteiger partial charge in [-0.15, -0.1) is 0 Å². The van der Waals surface area contributed by atoms with Crippen LogP contribution in [0.25, 0.3) is 0 Å². The molecule has 1 unspecified atom stereocenters.